The fourth-order valence-corrected chi connectivity index (χ4v) is 2.53. The number of carbonyl (C=O) groups is 2. The largest absolute Gasteiger partial charge is 0.461 e. The maximum absolute atomic E-state index is 12.6. The van der Waals surface area contributed by atoms with Crippen molar-refractivity contribution in [2.45, 2.75) is 13.8 Å². The number of pyridine rings is 1. The number of fused-ring (bicyclic) bond motifs is 1. The molecule has 3 rings (SSSR count). The summed E-state index contributed by atoms with van der Waals surface area (Å²) in [5.74, 6) is -0.716. The molecule has 0 radical (unpaired) electrons. The Morgan fingerprint density at radius 2 is 1.88 bits per heavy atom. The number of hydrogen-bond donors (Lipinski definition) is 1. The first-order valence-corrected chi connectivity index (χ1v) is 7.75. The molecule has 0 fully saturated rings. The van der Waals surface area contributed by atoms with Crippen LogP contribution in [0.5, 0.6) is 0 Å². The Labute approximate surface area is 139 Å². The van der Waals surface area contributed by atoms with Crippen LogP contribution < -0.4 is 5.32 Å². The molecule has 0 saturated carbocycles. The highest BCUT2D eigenvalue weighted by atomic mass is 16.5. The van der Waals surface area contributed by atoms with Crippen molar-refractivity contribution in [1.29, 1.82) is 0 Å². The number of rotatable bonds is 4. The smallest absolute Gasteiger partial charge is 0.355 e. The molecule has 0 aliphatic heterocycles. The van der Waals surface area contributed by atoms with E-state index in [9.17, 15) is 9.59 Å². The number of amides is 1. The van der Waals surface area contributed by atoms with Gasteiger partial charge in [-0.25, -0.2) is 4.79 Å². The molecule has 5 heteroatoms. The molecule has 2 heterocycles. The number of aromatic nitrogens is 1. The molecule has 1 amide bonds. The summed E-state index contributed by atoms with van der Waals surface area (Å²) in [5, 5.41) is 2.86. The lowest BCUT2D eigenvalue weighted by Crippen LogP contribution is -2.11. The van der Waals surface area contributed by atoms with Gasteiger partial charge in [0, 0.05) is 11.9 Å². The zero-order valence-corrected chi connectivity index (χ0v) is 13.6. The summed E-state index contributed by atoms with van der Waals surface area (Å²) in [4.78, 5) is 24.7. The number of ether oxygens (including phenoxy) is 1. The zero-order chi connectivity index (χ0) is 17.1. The van der Waals surface area contributed by atoms with Crippen LogP contribution in [0.1, 0.15) is 33.3 Å². The average molecular weight is 322 g/mol. The quantitative estimate of drug-likeness (QED) is 0.746. The topological polar surface area (TPSA) is 59.8 Å². The van der Waals surface area contributed by atoms with Crippen LogP contribution in [-0.4, -0.2) is 22.9 Å². The summed E-state index contributed by atoms with van der Waals surface area (Å²) in [5.41, 5.74) is 3.25. The number of anilines is 1. The van der Waals surface area contributed by atoms with Crippen molar-refractivity contribution in [3.05, 3.63) is 71.5 Å². The van der Waals surface area contributed by atoms with Gasteiger partial charge in [0.05, 0.1) is 17.7 Å². The van der Waals surface area contributed by atoms with Crippen molar-refractivity contribution in [1.82, 2.24) is 4.40 Å². The maximum atomic E-state index is 12.6. The number of nitrogens with one attached hydrogen (secondary N) is 1. The normalized spacial score (nSPS) is 10.6. The summed E-state index contributed by atoms with van der Waals surface area (Å²) in [6.07, 6.45) is 1.74. The third-order valence-corrected chi connectivity index (χ3v) is 3.72. The van der Waals surface area contributed by atoms with Gasteiger partial charge < -0.3 is 14.5 Å². The van der Waals surface area contributed by atoms with Gasteiger partial charge in [-0.15, -0.1) is 0 Å². The molecular formula is C19H18N2O3. The van der Waals surface area contributed by atoms with E-state index in [0.717, 1.165) is 5.56 Å². The van der Waals surface area contributed by atoms with E-state index in [1.807, 2.05) is 37.3 Å². The van der Waals surface area contributed by atoms with Crippen LogP contribution in [0, 0.1) is 6.92 Å². The second-order valence-electron chi connectivity index (χ2n) is 5.44. The van der Waals surface area contributed by atoms with Gasteiger partial charge in [-0.2, -0.15) is 0 Å². The van der Waals surface area contributed by atoms with Gasteiger partial charge in [0.15, 0.2) is 0 Å². The van der Waals surface area contributed by atoms with Gasteiger partial charge >= 0.3 is 5.97 Å². The van der Waals surface area contributed by atoms with Gasteiger partial charge in [0.2, 0.25) is 0 Å². The van der Waals surface area contributed by atoms with E-state index < -0.39 is 5.97 Å². The van der Waals surface area contributed by atoms with E-state index in [2.05, 4.69) is 5.32 Å². The Kier molecular flexibility index (Phi) is 4.33. The predicted octanol–water partition coefficient (Wildman–Crippen LogP) is 3.68. The predicted molar refractivity (Wildman–Crippen MR) is 92.5 cm³/mol. The maximum Gasteiger partial charge on any atom is 0.355 e. The molecule has 0 bridgehead atoms. The molecule has 5 nitrogen and oxygen atoms in total. The van der Waals surface area contributed by atoms with Gasteiger partial charge in [0.25, 0.3) is 5.91 Å². The minimum absolute atomic E-state index is 0.266. The summed E-state index contributed by atoms with van der Waals surface area (Å²) in [6, 6.07) is 14.5. The van der Waals surface area contributed by atoms with Gasteiger partial charge in [-0.1, -0.05) is 23.8 Å². The molecule has 1 aromatic carbocycles. The Morgan fingerprint density at radius 1 is 1.12 bits per heavy atom. The number of hydrogen-bond acceptors (Lipinski definition) is 3. The number of aryl methyl sites for hydroxylation is 1. The molecule has 0 atom stereocenters. The molecular weight excluding hydrogens is 304 g/mol. The van der Waals surface area contributed by atoms with E-state index in [-0.39, 0.29) is 12.5 Å². The van der Waals surface area contributed by atoms with Crippen LogP contribution in [0.2, 0.25) is 0 Å². The molecule has 2 aromatic heterocycles. The molecule has 0 aliphatic carbocycles. The minimum Gasteiger partial charge on any atom is -0.461 e. The SMILES string of the molecule is CCOC(=O)c1cc(C(=O)Nc2ccc(C)cc2)c2ccccn12. The number of esters is 1. The minimum atomic E-state index is -0.451. The highest BCUT2D eigenvalue weighted by molar-refractivity contribution is 6.10. The average Bonchev–Trinajstić information content (AvgIpc) is 2.97. The van der Waals surface area contributed by atoms with Crippen LogP contribution in [0.25, 0.3) is 5.52 Å². The first kappa shape index (κ1) is 15.8. The summed E-state index contributed by atoms with van der Waals surface area (Å²) in [6.45, 7) is 4.01. The zero-order valence-electron chi connectivity index (χ0n) is 13.6. The third kappa shape index (κ3) is 3.01. The van der Waals surface area contributed by atoms with Crippen LogP contribution in [0.15, 0.2) is 54.7 Å². The van der Waals surface area contributed by atoms with Crippen molar-refractivity contribution in [2.24, 2.45) is 0 Å². The van der Waals surface area contributed by atoms with Gasteiger partial charge in [-0.05, 0) is 44.2 Å². The summed E-state index contributed by atoms with van der Waals surface area (Å²) < 4.78 is 6.74. The second-order valence-corrected chi connectivity index (χ2v) is 5.44. The Balaban J connectivity index is 1.98. The highest BCUT2D eigenvalue weighted by Gasteiger charge is 2.20. The Bertz CT molecular complexity index is 895. The van der Waals surface area contributed by atoms with Crippen LogP contribution in [0.3, 0.4) is 0 Å². The molecule has 0 unspecified atom stereocenters. The third-order valence-electron chi connectivity index (χ3n) is 3.72. The standard InChI is InChI=1S/C19H18N2O3/c1-3-24-19(23)17-12-15(16-6-4-5-11-21(16)17)18(22)20-14-9-7-13(2)8-10-14/h4-12H,3H2,1-2H3,(H,20,22). The Morgan fingerprint density at radius 3 is 2.58 bits per heavy atom. The van der Waals surface area contributed by atoms with Crippen LogP contribution >= 0.6 is 0 Å². The van der Waals surface area contributed by atoms with Crippen molar-refractivity contribution in [2.75, 3.05) is 11.9 Å². The first-order valence-electron chi connectivity index (χ1n) is 7.75. The lowest BCUT2D eigenvalue weighted by molar-refractivity contribution is 0.0518. The van der Waals surface area contributed by atoms with E-state index in [1.165, 1.54) is 0 Å². The second kappa shape index (κ2) is 6.58. The van der Waals surface area contributed by atoms with Crippen LogP contribution in [-0.2, 0) is 4.74 Å². The van der Waals surface area contributed by atoms with E-state index in [0.29, 0.717) is 22.5 Å². The molecule has 0 spiro atoms. The lowest BCUT2D eigenvalue weighted by Gasteiger charge is -2.05. The monoisotopic (exact) mass is 322 g/mol. The lowest BCUT2D eigenvalue weighted by atomic mass is 10.2. The summed E-state index contributed by atoms with van der Waals surface area (Å²) >= 11 is 0. The number of benzene rings is 1. The number of carbonyl (C=O) groups excluding carboxylic acids is 2. The van der Waals surface area contributed by atoms with E-state index in [1.54, 1.807) is 35.7 Å². The molecule has 1 N–H and O–H groups in total. The Hall–Kier alpha value is -3.08. The molecule has 24 heavy (non-hydrogen) atoms. The van der Waals surface area contributed by atoms with Crippen molar-refractivity contribution >= 4 is 23.1 Å². The first-order chi connectivity index (χ1) is 11.6. The van der Waals surface area contributed by atoms with Crippen molar-refractivity contribution in [3.63, 3.8) is 0 Å². The number of nitrogens with zero attached hydrogens (tertiary/aromatic N) is 1. The molecule has 0 aliphatic rings. The molecule has 122 valence electrons. The summed E-state index contributed by atoms with van der Waals surface area (Å²) in [7, 11) is 0. The van der Waals surface area contributed by atoms with Crippen molar-refractivity contribution < 1.29 is 14.3 Å². The van der Waals surface area contributed by atoms with Gasteiger partial charge in [0.1, 0.15) is 5.69 Å². The van der Waals surface area contributed by atoms with Gasteiger partial charge in [-0.3, -0.25) is 4.79 Å². The van der Waals surface area contributed by atoms with Crippen molar-refractivity contribution in [3.8, 4) is 0 Å². The van der Waals surface area contributed by atoms with Crippen LogP contribution in [0.4, 0.5) is 5.69 Å². The highest BCUT2D eigenvalue weighted by Crippen LogP contribution is 2.20. The van der Waals surface area contributed by atoms with E-state index >= 15 is 0 Å². The molecule has 3 aromatic rings. The fourth-order valence-electron chi connectivity index (χ4n) is 2.53. The molecule has 0 saturated heterocycles. The van der Waals surface area contributed by atoms with E-state index in [4.69, 9.17) is 4.74 Å². The fraction of sp³-hybridized carbons (Fsp3) is 0.158.